The maximum atomic E-state index is 9.45. The van der Waals surface area contributed by atoms with Crippen molar-refractivity contribution in [2.45, 2.75) is 79.2 Å². The van der Waals surface area contributed by atoms with Crippen LogP contribution < -0.4 is 3.71 Å². The van der Waals surface area contributed by atoms with E-state index in [9.17, 15) is 5.11 Å². The number of pyridine rings is 1. The SMILES string of the molecule is CCC[CH2][Sn]([CH2]CCC)([CH2]CCC)[c]1cc(CO)ccn1. The Labute approximate surface area is 135 Å². The minimum atomic E-state index is -2.39. The Morgan fingerprint density at radius 3 is 1.90 bits per heavy atom. The molecule has 1 aromatic rings. The number of hydrogen-bond acceptors (Lipinski definition) is 2. The molecule has 0 unspecified atom stereocenters. The van der Waals surface area contributed by atoms with Crippen LogP contribution in [0, 0.1) is 0 Å². The predicted molar refractivity (Wildman–Crippen MR) is 94.7 cm³/mol. The second kappa shape index (κ2) is 10.6. The molecule has 1 N–H and O–H groups in total. The fourth-order valence-electron chi connectivity index (χ4n) is 3.17. The topological polar surface area (TPSA) is 33.1 Å². The summed E-state index contributed by atoms with van der Waals surface area (Å²) in [5.41, 5.74) is 1.05. The summed E-state index contributed by atoms with van der Waals surface area (Å²) < 4.78 is 5.74. The van der Waals surface area contributed by atoms with Crippen molar-refractivity contribution in [2.24, 2.45) is 0 Å². The van der Waals surface area contributed by atoms with Gasteiger partial charge in [0, 0.05) is 0 Å². The van der Waals surface area contributed by atoms with Crippen molar-refractivity contribution >= 4 is 22.1 Å². The summed E-state index contributed by atoms with van der Waals surface area (Å²) in [4.78, 5) is 4.80. The van der Waals surface area contributed by atoms with E-state index < -0.39 is 18.4 Å². The van der Waals surface area contributed by atoms with Crippen LogP contribution in [0.4, 0.5) is 0 Å². The molecule has 0 aromatic carbocycles. The maximum absolute atomic E-state index is 9.45. The first kappa shape index (κ1) is 19.0. The fraction of sp³-hybridized carbons (Fsp3) is 0.722. The van der Waals surface area contributed by atoms with Crippen LogP contribution in [0.5, 0.6) is 0 Å². The second-order valence-corrected chi connectivity index (χ2v) is 19.4. The van der Waals surface area contributed by atoms with Crippen LogP contribution in [0.25, 0.3) is 0 Å². The van der Waals surface area contributed by atoms with Crippen molar-refractivity contribution in [3.05, 3.63) is 23.9 Å². The molecule has 1 aromatic heterocycles. The Kier molecular flexibility index (Phi) is 9.57. The van der Waals surface area contributed by atoms with Crippen LogP contribution in [0.15, 0.2) is 18.3 Å². The molecule has 0 radical (unpaired) electrons. The number of unbranched alkanes of at least 4 members (excludes halogenated alkanes) is 3. The van der Waals surface area contributed by atoms with Crippen LogP contribution >= 0.6 is 0 Å². The van der Waals surface area contributed by atoms with Gasteiger partial charge in [0.2, 0.25) is 0 Å². The molecule has 21 heavy (non-hydrogen) atoms. The molecule has 1 rings (SSSR count). The van der Waals surface area contributed by atoms with Crippen molar-refractivity contribution in [3.63, 3.8) is 0 Å². The number of nitrogens with zero attached hydrogens (tertiary/aromatic N) is 1. The summed E-state index contributed by atoms with van der Waals surface area (Å²) in [7, 11) is 0. The molecule has 0 spiro atoms. The quantitative estimate of drug-likeness (QED) is 0.552. The van der Waals surface area contributed by atoms with E-state index in [1.807, 2.05) is 12.3 Å². The number of aliphatic hydroxyl groups is 1. The van der Waals surface area contributed by atoms with Gasteiger partial charge in [-0.2, -0.15) is 0 Å². The molecule has 0 bridgehead atoms. The van der Waals surface area contributed by atoms with Crippen molar-refractivity contribution in [1.29, 1.82) is 0 Å². The molecule has 0 aliphatic carbocycles. The van der Waals surface area contributed by atoms with E-state index >= 15 is 0 Å². The average Bonchev–Trinajstić information content (AvgIpc) is 2.54. The molecule has 120 valence electrons. The molecule has 0 saturated carbocycles. The van der Waals surface area contributed by atoms with Crippen molar-refractivity contribution in [1.82, 2.24) is 4.98 Å². The average molecular weight is 398 g/mol. The van der Waals surface area contributed by atoms with Gasteiger partial charge in [-0.3, -0.25) is 0 Å². The van der Waals surface area contributed by atoms with Crippen LogP contribution in [0.2, 0.25) is 13.3 Å². The summed E-state index contributed by atoms with van der Waals surface area (Å²) in [6.45, 7) is 7.04. The number of aliphatic hydroxyl groups excluding tert-OH is 1. The zero-order valence-electron chi connectivity index (χ0n) is 14.2. The van der Waals surface area contributed by atoms with Gasteiger partial charge in [-0.15, -0.1) is 0 Å². The molecule has 2 nitrogen and oxygen atoms in total. The van der Waals surface area contributed by atoms with E-state index in [4.69, 9.17) is 4.98 Å². The van der Waals surface area contributed by atoms with Gasteiger partial charge in [0.05, 0.1) is 0 Å². The van der Waals surface area contributed by atoms with E-state index in [0.29, 0.717) is 0 Å². The molecular weight excluding hydrogens is 365 g/mol. The third-order valence-electron chi connectivity index (χ3n) is 4.58. The summed E-state index contributed by atoms with van der Waals surface area (Å²) >= 11 is -2.39. The first-order valence-electron chi connectivity index (χ1n) is 8.78. The third kappa shape index (κ3) is 5.90. The molecular formula is C18H33NOSn. The molecule has 0 atom stereocenters. The van der Waals surface area contributed by atoms with Crippen molar-refractivity contribution in [2.75, 3.05) is 0 Å². The predicted octanol–water partition coefficient (Wildman–Crippen LogP) is 4.63. The Hall–Kier alpha value is -0.0913. The first-order chi connectivity index (χ1) is 10.2. The zero-order valence-corrected chi connectivity index (χ0v) is 17.1. The van der Waals surface area contributed by atoms with Crippen molar-refractivity contribution in [3.8, 4) is 0 Å². The third-order valence-corrected chi connectivity index (χ3v) is 19.7. The van der Waals surface area contributed by atoms with E-state index in [2.05, 4.69) is 26.8 Å². The summed E-state index contributed by atoms with van der Waals surface area (Å²) in [5.74, 6) is 0. The van der Waals surface area contributed by atoms with E-state index in [1.165, 1.54) is 55.5 Å². The first-order valence-corrected chi connectivity index (χ1v) is 16.3. The Bertz CT molecular complexity index is 373. The van der Waals surface area contributed by atoms with Gasteiger partial charge in [-0.1, -0.05) is 0 Å². The summed E-state index contributed by atoms with van der Waals surface area (Å²) in [6.07, 6.45) is 9.86. The second-order valence-electron chi connectivity index (χ2n) is 6.30. The molecule has 3 heteroatoms. The molecule has 1 heterocycles. The number of hydrogen-bond donors (Lipinski definition) is 1. The van der Waals surface area contributed by atoms with Gasteiger partial charge in [-0.05, 0) is 0 Å². The molecule has 0 fully saturated rings. The van der Waals surface area contributed by atoms with Gasteiger partial charge in [0.25, 0.3) is 0 Å². The van der Waals surface area contributed by atoms with E-state index in [-0.39, 0.29) is 6.61 Å². The van der Waals surface area contributed by atoms with Gasteiger partial charge < -0.3 is 0 Å². The Morgan fingerprint density at radius 2 is 1.48 bits per heavy atom. The molecule has 0 amide bonds. The van der Waals surface area contributed by atoms with Crippen LogP contribution in [0.3, 0.4) is 0 Å². The Morgan fingerprint density at radius 1 is 0.952 bits per heavy atom. The normalized spacial score (nSPS) is 11.8. The standard InChI is InChI=1S/C6H6NO.3C4H9.Sn/c8-5-6-1-3-7-4-2-6;3*1-3-4-2;/h1-3,8H,5H2;3*1,3-4H2,2H3;. The number of rotatable bonds is 11. The molecule has 0 aliphatic rings. The van der Waals surface area contributed by atoms with E-state index in [0.717, 1.165) is 5.56 Å². The monoisotopic (exact) mass is 399 g/mol. The van der Waals surface area contributed by atoms with E-state index in [1.54, 1.807) is 0 Å². The van der Waals surface area contributed by atoms with Gasteiger partial charge in [-0.25, -0.2) is 0 Å². The van der Waals surface area contributed by atoms with Gasteiger partial charge in [0.15, 0.2) is 0 Å². The Balaban J connectivity index is 3.09. The van der Waals surface area contributed by atoms with Gasteiger partial charge in [0.1, 0.15) is 0 Å². The molecule has 0 saturated heterocycles. The summed E-state index contributed by atoms with van der Waals surface area (Å²) in [5, 5.41) is 9.45. The number of aromatic nitrogens is 1. The van der Waals surface area contributed by atoms with Crippen LogP contribution in [-0.2, 0) is 6.61 Å². The van der Waals surface area contributed by atoms with Crippen LogP contribution in [0.1, 0.15) is 64.9 Å². The molecule has 0 aliphatic heterocycles. The van der Waals surface area contributed by atoms with Crippen molar-refractivity contribution < 1.29 is 5.11 Å². The minimum absolute atomic E-state index is 0.146. The fourth-order valence-corrected chi connectivity index (χ4v) is 18.7. The zero-order chi connectivity index (χ0) is 15.6. The van der Waals surface area contributed by atoms with Gasteiger partial charge >= 0.3 is 135 Å². The van der Waals surface area contributed by atoms with Crippen LogP contribution in [-0.4, -0.2) is 28.5 Å². The summed E-state index contributed by atoms with van der Waals surface area (Å²) in [6, 6.07) is 4.19.